The zero-order valence-corrected chi connectivity index (χ0v) is 16.8. The Morgan fingerprint density at radius 1 is 1.00 bits per heavy atom. The van der Waals surface area contributed by atoms with E-state index in [2.05, 4.69) is 51.7 Å². The van der Waals surface area contributed by atoms with Crippen molar-refractivity contribution < 1.29 is 4.79 Å². The zero-order valence-electron chi connectivity index (χ0n) is 15.2. The van der Waals surface area contributed by atoms with Crippen LogP contribution in [0.5, 0.6) is 0 Å². The third-order valence-corrected chi connectivity index (χ3v) is 6.74. The van der Waals surface area contributed by atoms with Crippen molar-refractivity contribution in [2.45, 2.75) is 19.4 Å². The number of hydrogen-bond acceptors (Lipinski definition) is 5. The number of thiazole rings is 1. The number of aromatic nitrogens is 1. The van der Waals surface area contributed by atoms with Crippen LogP contribution in [0.15, 0.2) is 53.2 Å². The van der Waals surface area contributed by atoms with E-state index in [9.17, 15) is 4.79 Å². The molecule has 0 atom stereocenters. The highest BCUT2D eigenvalue weighted by Crippen LogP contribution is 2.28. The van der Waals surface area contributed by atoms with Crippen molar-refractivity contribution >= 4 is 28.6 Å². The van der Waals surface area contributed by atoms with E-state index in [0.29, 0.717) is 6.42 Å². The molecule has 3 aromatic rings. The van der Waals surface area contributed by atoms with Gasteiger partial charge in [-0.25, -0.2) is 4.98 Å². The lowest BCUT2D eigenvalue weighted by atomic mass is 10.2. The van der Waals surface area contributed by atoms with Gasteiger partial charge in [0.1, 0.15) is 5.01 Å². The fourth-order valence-corrected chi connectivity index (χ4v) is 5.02. The van der Waals surface area contributed by atoms with Crippen LogP contribution in [0.3, 0.4) is 0 Å². The van der Waals surface area contributed by atoms with Gasteiger partial charge in [-0.05, 0) is 23.4 Å². The number of rotatable bonds is 5. The summed E-state index contributed by atoms with van der Waals surface area (Å²) in [5.74, 6) is 0.194. The van der Waals surface area contributed by atoms with Gasteiger partial charge in [0.25, 0.3) is 0 Å². The molecule has 0 spiro atoms. The van der Waals surface area contributed by atoms with Crippen LogP contribution < -0.4 is 0 Å². The Labute approximate surface area is 168 Å². The normalized spacial score (nSPS) is 15.6. The quantitative estimate of drug-likeness (QED) is 0.649. The van der Waals surface area contributed by atoms with Gasteiger partial charge in [-0.15, -0.1) is 22.7 Å². The molecule has 1 aliphatic rings. The minimum absolute atomic E-state index is 0.194. The fourth-order valence-electron chi connectivity index (χ4n) is 3.39. The first-order chi connectivity index (χ1) is 13.3. The van der Waals surface area contributed by atoms with Crippen molar-refractivity contribution in [2.75, 3.05) is 26.2 Å². The van der Waals surface area contributed by atoms with Gasteiger partial charge in [0.15, 0.2) is 0 Å². The lowest BCUT2D eigenvalue weighted by Crippen LogP contribution is -2.36. The van der Waals surface area contributed by atoms with Crippen LogP contribution in [-0.2, 0) is 17.8 Å². The van der Waals surface area contributed by atoms with Crippen LogP contribution in [0.4, 0.5) is 0 Å². The largest absolute Gasteiger partial charge is 0.341 e. The molecule has 1 saturated heterocycles. The van der Waals surface area contributed by atoms with Crippen LogP contribution in [0.25, 0.3) is 9.88 Å². The maximum atomic E-state index is 12.8. The first-order valence-electron chi connectivity index (χ1n) is 9.30. The van der Waals surface area contributed by atoms with E-state index in [0.717, 1.165) is 49.8 Å². The number of nitrogens with zero attached hydrogens (tertiary/aromatic N) is 3. The van der Waals surface area contributed by atoms with Crippen LogP contribution in [0.2, 0.25) is 0 Å². The van der Waals surface area contributed by atoms with E-state index in [1.807, 2.05) is 16.3 Å². The smallest absolute Gasteiger partial charge is 0.228 e. The topological polar surface area (TPSA) is 36.4 Å². The summed E-state index contributed by atoms with van der Waals surface area (Å²) >= 11 is 3.31. The van der Waals surface area contributed by atoms with Crippen LogP contribution in [-0.4, -0.2) is 46.9 Å². The molecule has 0 radical (unpaired) electrons. The molecule has 0 bridgehead atoms. The summed E-state index contributed by atoms with van der Waals surface area (Å²) in [6, 6.07) is 14.7. The third kappa shape index (κ3) is 4.83. The van der Waals surface area contributed by atoms with E-state index >= 15 is 0 Å². The Hall–Kier alpha value is -2.02. The number of benzene rings is 1. The molecule has 1 amide bonds. The summed E-state index contributed by atoms with van der Waals surface area (Å²) < 4.78 is 0. The molecule has 2 aromatic heterocycles. The van der Waals surface area contributed by atoms with Crippen LogP contribution in [0, 0.1) is 0 Å². The molecule has 4 nitrogen and oxygen atoms in total. The molecule has 6 heteroatoms. The van der Waals surface area contributed by atoms with Crippen molar-refractivity contribution in [1.82, 2.24) is 14.8 Å². The minimum atomic E-state index is 0.194. The maximum absolute atomic E-state index is 12.8. The summed E-state index contributed by atoms with van der Waals surface area (Å²) in [4.78, 5) is 23.0. The molecular formula is C21H23N3OS2. The van der Waals surface area contributed by atoms with Gasteiger partial charge in [-0.2, -0.15) is 0 Å². The summed E-state index contributed by atoms with van der Waals surface area (Å²) in [6.45, 7) is 4.56. The van der Waals surface area contributed by atoms with E-state index in [-0.39, 0.29) is 5.91 Å². The molecule has 0 saturated carbocycles. The second-order valence-electron chi connectivity index (χ2n) is 6.79. The van der Waals surface area contributed by atoms with Gasteiger partial charge in [0, 0.05) is 38.1 Å². The first-order valence-corrected chi connectivity index (χ1v) is 11.1. The summed E-state index contributed by atoms with van der Waals surface area (Å²) in [5.41, 5.74) is 2.22. The summed E-state index contributed by atoms with van der Waals surface area (Å²) in [6.07, 6.45) is 1.43. The Morgan fingerprint density at radius 2 is 1.89 bits per heavy atom. The Balaban J connectivity index is 1.32. The highest BCUT2D eigenvalue weighted by Gasteiger charge is 2.20. The Kier molecular flexibility index (Phi) is 5.97. The summed E-state index contributed by atoms with van der Waals surface area (Å²) in [7, 11) is 0. The molecule has 27 heavy (non-hydrogen) atoms. The fraction of sp³-hybridized carbons (Fsp3) is 0.333. The predicted molar refractivity (Wildman–Crippen MR) is 112 cm³/mol. The molecule has 1 aromatic carbocycles. The van der Waals surface area contributed by atoms with Gasteiger partial charge in [-0.3, -0.25) is 9.69 Å². The molecule has 3 heterocycles. The van der Waals surface area contributed by atoms with Gasteiger partial charge in [-0.1, -0.05) is 36.4 Å². The van der Waals surface area contributed by atoms with E-state index < -0.39 is 0 Å². The highest BCUT2D eigenvalue weighted by molar-refractivity contribution is 7.20. The van der Waals surface area contributed by atoms with Crippen LogP contribution >= 0.6 is 22.7 Å². The number of hydrogen-bond donors (Lipinski definition) is 0. The van der Waals surface area contributed by atoms with Crippen LogP contribution in [0.1, 0.15) is 17.7 Å². The second kappa shape index (κ2) is 8.78. The average molecular weight is 398 g/mol. The zero-order chi connectivity index (χ0) is 18.5. The van der Waals surface area contributed by atoms with Crippen molar-refractivity contribution in [3.63, 3.8) is 0 Å². The lowest BCUT2D eigenvalue weighted by molar-refractivity contribution is -0.130. The number of amides is 1. The third-order valence-electron chi connectivity index (χ3n) is 4.81. The molecule has 0 N–H and O–H groups in total. The summed E-state index contributed by atoms with van der Waals surface area (Å²) in [5, 5.41) is 5.09. The minimum Gasteiger partial charge on any atom is -0.341 e. The SMILES string of the molecule is O=C(Cc1csc(-c2cccs2)n1)N1CCCN(Cc2ccccc2)CC1. The van der Waals surface area contributed by atoms with Crippen molar-refractivity contribution in [3.8, 4) is 9.88 Å². The van der Waals surface area contributed by atoms with Gasteiger partial charge in [0.2, 0.25) is 5.91 Å². The second-order valence-corrected chi connectivity index (χ2v) is 8.60. The number of carbonyl (C=O) groups excluding carboxylic acids is 1. The van der Waals surface area contributed by atoms with E-state index in [1.54, 1.807) is 22.7 Å². The number of thiophene rings is 1. The Morgan fingerprint density at radius 3 is 2.70 bits per heavy atom. The maximum Gasteiger partial charge on any atom is 0.228 e. The van der Waals surface area contributed by atoms with Gasteiger partial charge >= 0.3 is 0 Å². The number of carbonyl (C=O) groups is 1. The van der Waals surface area contributed by atoms with Gasteiger partial charge in [0.05, 0.1) is 17.0 Å². The molecule has 140 valence electrons. The highest BCUT2D eigenvalue weighted by atomic mass is 32.1. The average Bonchev–Trinajstić information content (AvgIpc) is 3.32. The first kappa shape index (κ1) is 18.3. The molecular weight excluding hydrogens is 374 g/mol. The molecule has 0 unspecified atom stereocenters. The standard InChI is InChI=1S/C21H23N3OS2/c25-20(14-18-16-27-21(22-18)19-8-4-13-26-19)24-10-5-9-23(11-12-24)15-17-6-2-1-3-7-17/h1-4,6-8,13,16H,5,9-12,14-15H2. The molecule has 0 aliphatic carbocycles. The molecule has 1 aliphatic heterocycles. The van der Waals surface area contributed by atoms with E-state index in [4.69, 9.17) is 0 Å². The van der Waals surface area contributed by atoms with Crippen molar-refractivity contribution in [3.05, 3.63) is 64.5 Å². The Bertz CT molecular complexity index is 861. The monoisotopic (exact) mass is 397 g/mol. The van der Waals surface area contributed by atoms with Crippen molar-refractivity contribution in [1.29, 1.82) is 0 Å². The molecule has 1 fully saturated rings. The van der Waals surface area contributed by atoms with Gasteiger partial charge < -0.3 is 4.90 Å². The predicted octanol–water partition coefficient (Wildman–Crippen LogP) is 4.15. The van der Waals surface area contributed by atoms with E-state index in [1.165, 1.54) is 10.4 Å². The molecule has 4 rings (SSSR count). The van der Waals surface area contributed by atoms with Crippen molar-refractivity contribution in [2.24, 2.45) is 0 Å². The lowest BCUT2D eigenvalue weighted by Gasteiger charge is -2.22.